The maximum absolute atomic E-state index is 13.4. The lowest BCUT2D eigenvalue weighted by molar-refractivity contribution is -0.119. The number of thioether (sulfide) groups is 1. The Labute approximate surface area is 113 Å². The number of nitrogens with zero attached hydrogens (tertiary/aromatic N) is 1. The van der Waals surface area contributed by atoms with Crippen LogP contribution in [-0.4, -0.2) is 42.3 Å². The highest BCUT2D eigenvalue weighted by atomic mass is 32.2. The zero-order valence-corrected chi connectivity index (χ0v) is 12.0. The number of ketones is 1. The van der Waals surface area contributed by atoms with Crippen molar-refractivity contribution in [3.63, 3.8) is 0 Å². The molecule has 0 aliphatic rings. The van der Waals surface area contributed by atoms with Crippen LogP contribution in [0.1, 0.15) is 12.5 Å². The lowest BCUT2D eigenvalue weighted by Gasteiger charge is -2.23. The molecule has 0 radical (unpaired) electrons. The monoisotopic (exact) mass is 269 g/mol. The van der Waals surface area contributed by atoms with Crippen LogP contribution in [0, 0.1) is 5.82 Å². The third-order valence-corrected chi connectivity index (χ3v) is 3.75. The van der Waals surface area contributed by atoms with Crippen molar-refractivity contribution in [1.82, 2.24) is 4.90 Å². The van der Waals surface area contributed by atoms with E-state index in [1.807, 2.05) is 18.2 Å². The molecule has 0 fully saturated rings. The van der Waals surface area contributed by atoms with Gasteiger partial charge in [-0.3, -0.25) is 9.69 Å². The van der Waals surface area contributed by atoms with Crippen molar-refractivity contribution >= 4 is 17.5 Å². The minimum absolute atomic E-state index is 0.0514. The first-order valence-corrected chi connectivity index (χ1v) is 7.38. The smallest absolute Gasteiger partial charge is 0.151 e. The van der Waals surface area contributed by atoms with E-state index < -0.39 is 0 Å². The van der Waals surface area contributed by atoms with Crippen LogP contribution in [0.25, 0.3) is 0 Å². The van der Waals surface area contributed by atoms with E-state index in [0.29, 0.717) is 18.2 Å². The number of Topliss-reactive ketones (excluding diaryl/α,β-unsaturated/α-hetero) is 1. The van der Waals surface area contributed by atoms with E-state index in [1.54, 1.807) is 30.0 Å². The molecule has 100 valence electrons. The van der Waals surface area contributed by atoms with Gasteiger partial charge in [-0.1, -0.05) is 18.2 Å². The third-order valence-electron chi connectivity index (χ3n) is 2.93. The van der Waals surface area contributed by atoms with E-state index in [4.69, 9.17) is 0 Å². The number of carbonyl (C=O) groups is 1. The SMILES string of the molecule is CSCC(C)N(C)CC(=O)Cc1ccccc1F. The van der Waals surface area contributed by atoms with Gasteiger partial charge in [-0.05, 0) is 31.9 Å². The van der Waals surface area contributed by atoms with E-state index in [2.05, 4.69) is 6.92 Å². The van der Waals surface area contributed by atoms with E-state index in [-0.39, 0.29) is 18.0 Å². The molecule has 0 aliphatic heterocycles. The molecule has 1 atom stereocenters. The molecular weight excluding hydrogens is 249 g/mol. The summed E-state index contributed by atoms with van der Waals surface area (Å²) in [5.41, 5.74) is 0.480. The zero-order chi connectivity index (χ0) is 13.5. The molecule has 0 aliphatic carbocycles. The van der Waals surface area contributed by atoms with Gasteiger partial charge in [0.25, 0.3) is 0 Å². The molecular formula is C14H20FNOS. The first-order valence-electron chi connectivity index (χ1n) is 5.99. The van der Waals surface area contributed by atoms with Crippen LogP contribution in [0.3, 0.4) is 0 Å². The molecule has 0 saturated carbocycles. The molecule has 1 aromatic rings. The number of hydrogen-bond acceptors (Lipinski definition) is 3. The molecule has 0 heterocycles. The average molecular weight is 269 g/mol. The Balaban J connectivity index is 2.49. The minimum atomic E-state index is -0.300. The predicted octanol–water partition coefficient (Wildman–Crippen LogP) is 2.62. The van der Waals surface area contributed by atoms with Crippen molar-refractivity contribution < 1.29 is 9.18 Å². The number of halogens is 1. The normalized spacial score (nSPS) is 12.7. The summed E-state index contributed by atoms with van der Waals surface area (Å²) in [6, 6.07) is 6.80. The van der Waals surface area contributed by atoms with Gasteiger partial charge >= 0.3 is 0 Å². The van der Waals surface area contributed by atoms with E-state index in [9.17, 15) is 9.18 Å². The van der Waals surface area contributed by atoms with Gasteiger partial charge in [0.05, 0.1) is 6.54 Å². The number of benzene rings is 1. The van der Waals surface area contributed by atoms with E-state index in [0.717, 1.165) is 5.75 Å². The Morgan fingerprint density at radius 1 is 1.44 bits per heavy atom. The summed E-state index contributed by atoms with van der Waals surface area (Å²) >= 11 is 1.76. The molecule has 1 unspecified atom stereocenters. The van der Waals surface area contributed by atoms with Crippen molar-refractivity contribution in [3.05, 3.63) is 35.6 Å². The van der Waals surface area contributed by atoms with Crippen LogP contribution in [0.5, 0.6) is 0 Å². The largest absolute Gasteiger partial charge is 0.298 e. The molecule has 2 nitrogen and oxygen atoms in total. The van der Waals surface area contributed by atoms with Crippen LogP contribution in [-0.2, 0) is 11.2 Å². The fourth-order valence-electron chi connectivity index (χ4n) is 1.71. The lowest BCUT2D eigenvalue weighted by atomic mass is 10.1. The number of rotatable bonds is 7. The first kappa shape index (κ1) is 15.2. The summed E-state index contributed by atoms with van der Waals surface area (Å²) in [7, 11) is 1.93. The molecule has 0 saturated heterocycles. The second-order valence-electron chi connectivity index (χ2n) is 4.53. The summed E-state index contributed by atoms with van der Waals surface area (Å²) in [6.07, 6.45) is 2.22. The predicted molar refractivity (Wildman–Crippen MR) is 75.6 cm³/mol. The highest BCUT2D eigenvalue weighted by Crippen LogP contribution is 2.09. The average Bonchev–Trinajstić information content (AvgIpc) is 2.32. The van der Waals surface area contributed by atoms with Crippen LogP contribution < -0.4 is 0 Å². The van der Waals surface area contributed by atoms with Crippen LogP contribution >= 0.6 is 11.8 Å². The standard InChI is InChI=1S/C14H20FNOS/c1-11(10-18-3)16(2)9-13(17)8-12-6-4-5-7-14(12)15/h4-7,11H,8-10H2,1-3H3. The Hall–Kier alpha value is -0.870. The van der Waals surface area contributed by atoms with Crippen molar-refractivity contribution in [3.8, 4) is 0 Å². The molecule has 1 aromatic carbocycles. The van der Waals surface area contributed by atoms with Gasteiger partial charge in [-0.15, -0.1) is 0 Å². The molecule has 0 amide bonds. The first-order chi connectivity index (χ1) is 8.54. The van der Waals surface area contributed by atoms with Crippen molar-refractivity contribution in [2.75, 3.05) is 25.6 Å². The van der Waals surface area contributed by atoms with Crippen LogP contribution in [0.2, 0.25) is 0 Å². The van der Waals surface area contributed by atoms with Gasteiger partial charge in [0.15, 0.2) is 5.78 Å². The van der Waals surface area contributed by atoms with Crippen LogP contribution in [0.15, 0.2) is 24.3 Å². The molecule has 18 heavy (non-hydrogen) atoms. The Morgan fingerprint density at radius 3 is 2.72 bits per heavy atom. The molecule has 4 heteroatoms. The van der Waals surface area contributed by atoms with E-state index in [1.165, 1.54) is 6.07 Å². The number of hydrogen-bond donors (Lipinski definition) is 0. The number of carbonyl (C=O) groups excluding carboxylic acids is 1. The fourth-order valence-corrected chi connectivity index (χ4v) is 2.45. The molecule has 0 aromatic heterocycles. The maximum atomic E-state index is 13.4. The van der Waals surface area contributed by atoms with Gasteiger partial charge in [0.2, 0.25) is 0 Å². The molecule has 0 spiro atoms. The van der Waals surface area contributed by atoms with Gasteiger partial charge in [0, 0.05) is 18.2 Å². The Morgan fingerprint density at radius 2 is 2.11 bits per heavy atom. The van der Waals surface area contributed by atoms with Crippen molar-refractivity contribution in [2.24, 2.45) is 0 Å². The Bertz CT molecular complexity index is 397. The third kappa shape index (κ3) is 4.78. The van der Waals surface area contributed by atoms with Gasteiger partial charge < -0.3 is 0 Å². The van der Waals surface area contributed by atoms with Crippen molar-refractivity contribution in [1.29, 1.82) is 0 Å². The quantitative estimate of drug-likeness (QED) is 0.759. The second kappa shape index (κ2) is 7.54. The topological polar surface area (TPSA) is 20.3 Å². The highest BCUT2D eigenvalue weighted by Gasteiger charge is 2.14. The minimum Gasteiger partial charge on any atom is -0.298 e. The van der Waals surface area contributed by atoms with Gasteiger partial charge in [0.1, 0.15) is 5.82 Å². The lowest BCUT2D eigenvalue weighted by Crippen LogP contribution is -2.36. The summed E-state index contributed by atoms with van der Waals surface area (Å²) in [6.45, 7) is 2.46. The highest BCUT2D eigenvalue weighted by molar-refractivity contribution is 7.98. The van der Waals surface area contributed by atoms with Crippen molar-refractivity contribution in [2.45, 2.75) is 19.4 Å². The summed E-state index contributed by atoms with van der Waals surface area (Å²) < 4.78 is 13.4. The number of likely N-dealkylation sites (N-methyl/N-ethyl adjacent to an activating group) is 1. The summed E-state index contributed by atoms with van der Waals surface area (Å²) in [4.78, 5) is 13.9. The Kier molecular flexibility index (Phi) is 6.36. The summed E-state index contributed by atoms with van der Waals surface area (Å²) in [5.74, 6) is 0.741. The second-order valence-corrected chi connectivity index (χ2v) is 5.44. The van der Waals surface area contributed by atoms with Crippen LogP contribution in [0.4, 0.5) is 4.39 Å². The zero-order valence-electron chi connectivity index (χ0n) is 11.1. The van der Waals surface area contributed by atoms with Gasteiger partial charge in [-0.2, -0.15) is 11.8 Å². The molecule has 0 bridgehead atoms. The van der Waals surface area contributed by atoms with E-state index >= 15 is 0 Å². The fraction of sp³-hybridized carbons (Fsp3) is 0.500. The summed E-state index contributed by atoms with van der Waals surface area (Å²) in [5, 5.41) is 0. The molecule has 0 N–H and O–H groups in total. The van der Waals surface area contributed by atoms with Gasteiger partial charge in [-0.25, -0.2) is 4.39 Å². The molecule has 1 rings (SSSR count). The maximum Gasteiger partial charge on any atom is 0.151 e.